The van der Waals surface area contributed by atoms with E-state index >= 15 is 0 Å². The number of carbonyl (C=O) groups excluding carboxylic acids is 4. The second-order valence-electron chi connectivity index (χ2n) is 15.5. The fourth-order valence-corrected chi connectivity index (χ4v) is 8.08. The third kappa shape index (κ3) is 11.6. The fraction of sp³-hybridized carbons (Fsp3) is 0.683. The Balaban J connectivity index is 1.78. The molecule has 1 saturated heterocycles. The van der Waals surface area contributed by atoms with Gasteiger partial charge in [-0.3, -0.25) is 19.2 Å². The molecule has 0 unspecified atom stereocenters. The van der Waals surface area contributed by atoms with Crippen molar-refractivity contribution >= 4 is 35.0 Å². The lowest BCUT2D eigenvalue weighted by Crippen LogP contribution is -2.58. The Labute approximate surface area is 322 Å². The molecule has 1 aliphatic heterocycles. The van der Waals surface area contributed by atoms with Gasteiger partial charge in [0.1, 0.15) is 11.0 Å². The zero-order valence-corrected chi connectivity index (χ0v) is 34.7. The van der Waals surface area contributed by atoms with Crippen LogP contribution in [0.4, 0.5) is 0 Å². The summed E-state index contributed by atoms with van der Waals surface area (Å²) in [4.78, 5) is 63.3. The first kappa shape index (κ1) is 44.0. The predicted octanol–water partition coefficient (Wildman–Crippen LogP) is 5.90. The zero-order chi connectivity index (χ0) is 39.4. The lowest BCUT2D eigenvalue weighted by atomic mass is 9.89. The first-order valence-corrected chi connectivity index (χ1v) is 20.2. The van der Waals surface area contributed by atoms with Gasteiger partial charge in [-0.05, 0) is 42.6 Å². The van der Waals surface area contributed by atoms with E-state index in [1.54, 1.807) is 32.4 Å². The van der Waals surface area contributed by atoms with E-state index in [0.717, 1.165) is 23.4 Å². The Morgan fingerprint density at radius 3 is 2.15 bits per heavy atom. The van der Waals surface area contributed by atoms with Gasteiger partial charge in [0.05, 0.1) is 42.7 Å². The highest BCUT2D eigenvalue weighted by atomic mass is 32.1. The number of rotatable bonds is 20. The van der Waals surface area contributed by atoms with Crippen LogP contribution in [0.3, 0.4) is 0 Å². The number of aromatic nitrogens is 1. The first-order valence-electron chi connectivity index (χ1n) is 19.3. The molecule has 0 radical (unpaired) electrons. The molecule has 53 heavy (non-hydrogen) atoms. The van der Waals surface area contributed by atoms with Crippen molar-refractivity contribution in [2.45, 2.75) is 124 Å². The average molecular weight is 756 g/mol. The number of nitrogens with one attached hydrogen (secondary N) is 2. The van der Waals surface area contributed by atoms with Crippen molar-refractivity contribution in [2.75, 3.05) is 27.8 Å². The summed E-state index contributed by atoms with van der Waals surface area (Å²) in [6.45, 7) is 16.2. The largest absolute Gasteiger partial charge is 0.379 e. The molecule has 2 N–H and O–H groups in total. The molecule has 1 aliphatic rings. The molecule has 0 spiro atoms. The summed E-state index contributed by atoms with van der Waals surface area (Å²) in [5.41, 5.74) is 1.09. The molecule has 1 fully saturated rings. The molecule has 0 bridgehead atoms. The maximum Gasteiger partial charge on any atom is 0.245 e. The number of likely N-dealkylation sites (tertiary alicyclic amines) is 1. The molecule has 2 aromatic rings. The minimum atomic E-state index is -0.714. The van der Waals surface area contributed by atoms with Gasteiger partial charge in [0.15, 0.2) is 0 Å². The van der Waals surface area contributed by atoms with Crippen LogP contribution < -0.4 is 10.6 Å². The summed E-state index contributed by atoms with van der Waals surface area (Å²) in [5, 5.41) is 8.98. The van der Waals surface area contributed by atoms with Crippen molar-refractivity contribution < 1.29 is 28.7 Å². The van der Waals surface area contributed by atoms with Crippen molar-refractivity contribution in [3.05, 3.63) is 52.5 Å². The molecular weight excluding hydrogens is 691 g/mol. The number of hydrogen-bond acceptors (Lipinski definition) is 8. The number of likely N-dealkylation sites (N-methyl/N-ethyl adjacent to an activating group) is 1. The van der Waals surface area contributed by atoms with E-state index in [-0.39, 0.29) is 65.8 Å². The highest BCUT2D eigenvalue weighted by molar-refractivity contribution is 7.09. The van der Waals surface area contributed by atoms with Gasteiger partial charge >= 0.3 is 0 Å². The van der Waals surface area contributed by atoms with Crippen molar-refractivity contribution in [2.24, 2.45) is 29.6 Å². The maximum absolute atomic E-state index is 14.2. The van der Waals surface area contributed by atoms with Crippen LogP contribution in [0.15, 0.2) is 41.9 Å². The Kier molecular flexibility index (Phi) is 17.4. The van der Waals surface area contributed by atoms with E-state index in [1.165, 1.54) is 11.3 Å². The van der Waals surface area contributed by atoms with Crippen LogP contribution in [-0.4, -0.2) is 96.6 Å². The highest BCUT2D eigenvalue weighted by Crippen LogP contribution is 2.30. The quantitative estimate of drug-likeness (QED) is 0.172. The average Bonchev–Trinajstić information content (AvgIpc) is 3.86. The van der Waals surface area contributed by atoms with E-state index in [9.17, 15) is 19.2 Å². The van der Waals surface area contributed by atoms with Gasteiger partial charge in [-0.1, -0.05) is 92.1 Å². The van der Waals surface area contributed by atoms with E-state index in [1.807, 2.05) is 82.2 Å². The summed E-state index contributed by atoms with van der Waals surface area (Å²) in [5.74, 6) is -1.40. The van der Waals surface area contributed by atoms with E-state index < -0.39 is 30.2 Å². The van der Waals surface area contributed by atoms with Crippen molar-refractivity contribution in [1.82, 2.24) is 25.4 Å². The third-order valence-corrected chi connectivity index (χ3v) is 12.1. The number of methoxy groups -OCH3 is 2. The summed E-state index contributed by atoms with van der Waals surface area (Å²) >= 11 is 1.51. The molecule has 9 atom stereocenters. The Bertz CT molecular complexity index is 1440. The molecule has 4 amide bonds. The second-order valence-corrected chi connectivity index (χ2v) is 16.4. The minimum Gasteiger partial charge on any atom is -0.379 e. The number of benzene rings is 1. The maximum atomic E-state index is 14.2. The smallest absolute Gasteiger partial charge is 0.245 e. The molecule has 1 aromatic carbocycles. The summed E-state index contributed by atoms with van der Waals surface area (Å²) in [6, 6.07) is 8.28. The van der Waals surface area contributed by atoms with E-state index in [4.69, 9.17) is 9.47 Å². The lowest BCUT2D eigenvalue weighted by Gasteiger charge is -2.41. The molecule has 3 rings (SSSR count). The normalized spacial score (nSPS) is 19.2. The van der Waals surface area contributed by atoms with Crippen LogP contribution in [0.5, 0.6) is 0 Å². The van der Waals surface area contributed by atoms with Gasteiger partial charge in [0.25, 0.3) is 0 Å². The Hall–Kier alpha value is -3.35. The van der Waals surface area contributed by atoms with Crippen LogP contribution in [0.25, 0.3) is 0 Å². The molecule has 0 aliphatic carbocycles. The van der Waals surface area contributed by atoms with Gasteiger partial charge in [-0.15, -0.1) is 11.3 Å². The molecule has 296 valence electrons. The topological polar surface area (TPSA) is 130 Å². The molecular formula is C41H65N5O6S. The van der Waals surface area contributed by atoms with Gasteiger partial charge in [0, 0.05) is 45.3 Å². The zero-order valence-electron chi connectivity index (χ0n) is 33.8. The number of ether oxygens (including phenoxy) is 2. The lowest BCUT2D eigenvalue weighted by molar-refractivity contribution is -0.148. The highest BCUT2D eigenvalue weighted by Gasteiger charge is 2.43. The second kappa shape index (κ2) is 20.9. The number of hydrogen-bond donors (Lipinski definition) is 2. The monoisotopic (exact) mass is 755 g/mol. The van der Waals surface area contributed by atoms with Crippen LogP contribution >= 0.6 is 11.3 Å². The van der Waals surface area contributed by atoms with Crippen LogP contribution in [0.1, 0.15) is 97.7 Å². The molecule has 2 heterocycles. The van der Waals surface area contributed by atoms with Gasteiger partial charge in [-0.2, -0.15) is 0 Å². The van der Waals surface area contributed by atoms with E-state index in [2.05, 4.69) is 29.5 Å². The summed E-state index contributed by atoms with van der Waals surface area (Å²) in [6.07, 6.45) is 3.53. The van der Waals surface area contributed by atoms with Gasteiger partial charge in [0.2, 0.25) is 23.6 Å². The van der Waals surface area contributed by atoms with Crippen molar-refractivity contribution in [3.63, 3.8) is 0 Å². The third-order valence-electron chi connectivity index (χ3n) is 11.3. The Morgan fingerprint density at radius 1 is 0.943 bits per heavy atom. The first-order chi connectivity index (χ1) is 25.2. The van der Waals surface area contributed by atoms with Crippen LogP contribution in [-0.2, 0) is 35.1 Å². The molecule has 1 aromatic heterocycles. The Morgan fingerprint density at radius 2 is 1.60 bits per heavy atom. The molecule has 0 saturated carbocycles. The van der Waals surface area contributed by atoms with E-state index in [0.29, 0.717) is 19.4 Å². The number of thiazole rings is 1. The molecule has 12 heteroatoms. The summed E-state index contributed by atoms with van der Waals surface area (Å²) < 4.78 is 12.1. The minimum absolute atomic E-state index is 0.00582. The van der Waals surface area contributed by atoms with Crippen molar-refractivity contribution in [1.29, 1.82) is 0 Å². The molecule has 11 nitrogen and oxygen atoms in total. The fourth-order valence-electron chi connectivity index (χ4n) is 7.39. The van der Waals surface area contributed by atoms with Crippen LogP contribution in [0.2, 0.25) is 0 Å². The number of nitrogens with zero attached hydrogens (tertiary/aromatic N) is 3. The number of amides is 4. The van der Waals surface area contributed by atoms with Gasteiger partial charge < -0.3 is 29.9 Å². The predicted molar refractivity (Wildman–Crippen MR) is 210 cm³/mol. The van der Waals surface area contributed by atoms with Crippen LogP contribution in [0, 0.1) is 29.6 Å². The standard InChI is InChI=1S/C41H65N5O6S/c1-12-27(6)36(45(9)41(50)35(26(4)5)44-38(48)28(7)25(2)3)33(51-10)24-34(47)46-21-16-19-32(46)37(52-11)29(8)39(49)43-31(40-42-20-22-53-40)23-30-17-14-13-15-18-30/h13-15,17-18,20,22,25-29,31-33,35-37H,12,16,19,21,23-24H2,1-11H3,(H,43,49)(H,44,48)/t27-,28-,29+,31-,32-,33+,35-,36-,37+/m0/s1. The summed E-state index contributed by atoms with van der Waals surface area (Å²) in [7, 11) is 4.93. The van der Waals surface area contributed by atoms with Gasteiger partial charge in [-0.25, -0.2) is 4.98 Å². The SMILES string of the molecule is CC[C@H](C)[C@@H]([C@@H](CC(=O)N1CCC[C@H]1[C@H](OC)[C@@H](C)C(=O)N[C@@H](Cc1ccccc1)c1nccs1)OC)N(C)C(=O)[C@@H](NC(=O)[C@@H](C)C(C)C)C(C)C. The van der Waals surface area contributed by atoms with Crippen molar-refractivity contribution in [3.8, 4) is 0 Å². The number of carbonyl (C=O) groups is 4.